The second-order valence-corrected chi connectivity index (χ2v) is 3.85. The van der Waals surface area contributed by atoms with Crippen molar-refractivity contribution in [3.8, 4) is 0 Å². The molecule has 0 N–H and O–H groups in total. The molecule has 0 fully saturated rings. The average molecular weight is 235 g/mol. The van der Waals surface area contributed by atoms with Crippen LogP contribution in [0.15, 0.2) is 23.1 Å². The first kappa shape index (κ1) is 11.0. The van der Waals surface area contributed by atoms with Gasteiger partial charge in [0.25, 0.3) is 0 Å². The third kappa shape index (κ3) is 2.24. The van der Waals surface area contributed by atoms with Crippen molar-refractivity contribution in [2.75, 3.05) is 7.11 Å². The predicted octanol–water partition coefficient (Wildman–Crippen LogP) is 1.10. The van der Waals surface area contributed by atoms with Gasteiger partial charge in [0, 0.05) is 0 Å². The van der Waals surface area contributed by atoms with Gasteiger partial charge in [0.05, 0.1) is 22.6 Å². The van der Waals surface area contributed by atoms with Crippen molar-refractivity contribution in [1.29, 1.82) is 0 Å². The summed E-state index contributed by atoms with van der Waals surface area (Å²) >= 11 is 5.68. The molecule has 6 heteroatoms. The number of thiol groups is 1. The van der Waals surface area contributed by atoms with Gasteiger partial charge in [0.15, 0.2) is 10.7 Å². The number of benzene rings is 1. The molecule has 0 heterocycles. The van der Waals surface area contributed by atoms with Gasteiger partial charge in [-0.2, -0.15) is 0 Å². The molecular formula is C8H7ClO4S. The van der Waals surface area contributed by atoms with Gasteiger partial charge >= 0.3 is 5.97 Å². The van der Waals surface area contributed by atoms with Gasteiger partial charge in [-0.3, -0.25) is 0 Å². The van der Waals surface area contributed by atoms with Crippen molar-refractivity contribution in [3.63, 3.8) is 0 Å². The molecule has 0 radical (unpaired) electrons. The average Bonchev–Trinajstić information content (AvgIpc) is 2.16. The van der Waals surface area contributed by atoms with Crippen LogP contribution in [-0.2, 0) is 15.4 Å². The van der Waals surface area contributed by atoms with Crippen LogP contribution >= 0.6 is 11.6 Å². The highest BCUT2D eigenvalue weighted by molar-refractivity contribution is 7.72. The van der Waals surface area contributed by atoms with Crippen molar-refractivity contribution in [3.05, 3.63) is 28.8 Å². The third-order valence-electron chi connectivity index (χ3n) is 1.57. The van der Waals surface area contributed by atoms with Crippen molar-refractivity contribution >= 4 is 28.3 Å². The summed E-state index contributed by atoms with van der Waals surface area (Å²) in [6, 6.07) is 3.82. The van der Waals surface area contributed by atoms with E-state index in [2.05, 4.69) is 4.74 Å². The zero-order chi connectivity index (χ0) is 10.7. The number of carbonyl (C=O) groups is 1. The summed E-state index contributed by atoms with van der Waals surface area (Å²) in [5, 5.41) is 0.0635. The van der Waals surface area contributed by atoms with E-state index in [1.807, 2.05) is 0 Å². The molecule has 14 heavy (non-hydrogen) atoms. The minimum atomic E-state index is -2.68. The van der Waals surface area contributed by atoms with Crippen molar-refractivity contribution in [2.45, 2.75) is 4.90 Å². The zero-order valence-corrected chi connectivity index (χ0v) is 8.84. The van der Waals surface area contributed by atoms with Gasteiger partial charge < -0.3 is 4.74 Å². The molecule has 76 valence electrons. The molecule has 1 rings (SSSR count). The highest BCUT2D eigenvalue weighted by Gasteiger charge is 2.11. The number of rotatable bonds is 2. The molecule has 0 saturated heterocycles. The van der Waals surface area contributed by atoms with E-state index in [9.17, 15) is 13.2 Å². The third-order valence-corrected chi connectivity index (χ3v) is 2.58. The van der Waals surface area contributed by atoms with Crippen LogP contribution in [0.25, 0.3) is 0 Å². The Hall–Kier alpha value is -1.07. The monoisotopic (exact) mass is 234 g/mol. The van der Waals surface area contributed by atoms with Gasteiger partial charge in [-0.25, -0.2) is 13.2 Å². The number of carbonyl (C=O) groups excluding carboxylic acids is 1. The minimum absolute atomic E-state index is 0.0635. The largest absolute Gasteiger partial charge is 0.465 e. The summed E-state index contributed by atoms with van der Waals surface area (Å²) in [6.07, 6.45) is 0. The Labute approximate surface area is 87.4 Å². The Kier molecular flexibility index (Phi) is 3.49. The van der Waals surface area contributed by atoms with E-state index in [-0.39, 0.29) is 15.5 Å². The fourth-order valence-corrected chi connectivity index (χ4v) is 1.66. The standard InChI is InChI=1S/C8H7ClO4S/c1-13-8(10)6-3-2-5(14(11)12)4-7(6)9/h2-4,14H,1H3. The van der Waals surface area contributed by atoms with Crippen molar-refractivity contribution in [1.82, 2.24) is 0 Å². The van der Waals surface area contributed by atoms with Crippen LogP contribution in [-0.4, -0.2) is 21.5 Å². The number of ether oxygens (including phenoxy) is 1. The summed E-state index contributed by atoms with van der Waals surface area (Å²) < 4.78 is 25.6. The van der Waals surface area contributed by atoms with E-state index in [1.165, 1.54) is 25.3 Å². The fourth-order valence-electron chi connectivity index (χ4n) is 0.893. The Balaban J connectivity index is 3.20. The maximum Gasteiger partial charge on any atom is 0.339 e. The van der Waals surface area contributed by atoms with Gasteiger partial charge in [0.2, 0.25) is 0 Å². The molecule has 0 unspecified atom stereocenters. The number of esters is 1. The van der Waals surface area contributed by atoms with E-state index < -0.39 is 16.7 Å². The number of methoxy groups -OCH3 is 1. The van der Waals surface area contributed by atoms with Gasteiger partial charge in [-0.1, -0.05) is 11.6 Å². The number of hydrogen-bond acceptors (Lipinski definition) is 4. The van der Waals surface area contributed by atoms with Crippen molar-refractivity contribution < 1.29 is 17.9 Å². The van der Waals surface area contributed by atoms with Gasteiger partial charge in [-0.15, -0.1) is 0 Å². The molecule has 0 saturated carbocycles. The maximum absolute atomic E-state index is 11.1. The predicted molar refractivity (Wildman–Crippen MR) is 51.4 cm³/mol. The Morgan fingerprint density at radius 1 is 1.43 bits per heavy atom. The van der Waals surface area contributed by atoms with E-state index in [0.29, 0.717) is 0 Å². The summed E-state index contributed by atoms with van der Waals surface area (Å²) in [7, 11) is -1.46. The van der Waals surface area contributed by atoms with Crippen LogP contribution < -0.4 is 0 Å². The van der Waals surface area contributed by atoms with Crippen LogP contribution in [0.4, 0.5) is 0 Å². The lowest BCUT2D eigenvalue weighted by atomic mass is 10.2. The van der Waals surface area contributed by atoms with E-state index in [0.717, 1.165) is 0 Å². The Bertz CT molecular complexity index is 431. The summed E-state index contributed by atoms with van der Waals surface area (Å²) in [4.78, 5) is 11.1. The molecule has 4 nitrogen and oxygen atoms in total. The van der Waals surface area contributed by atoms with Crippen molar-refractivity contribution in [2.24, 2.45) is 0 Å². The van der Waals surface area contributed by atoms with Crippen LogP contribution in [0.1, 0.15) is 10.4 Å². The molecule has 0 aliphatic carbocycles. The van der Waals surface area contributed by atoms with E-state index in [1.54, 1.807) is 0 Å². The highest BCUT2D eigenvalue weighted by atomic mass is 35.5. The molecule has 1 aromatic rings. The molecule has 0 bridgehead atoms. The molecule has 0 spiro atoms. The first-order valence-corrected chi connectivity index (χ1v) is 5.14. The molecule has 0 atom stereocenters. The molecule has 0 aromatic heterocycles. The summed E-state index contributed by atoms with van der Waals surface area (Å²) in [5.41, 5.74) is 0.148. The van der Waals surface area contributed by atoms with E-state index in [4.69, 9.17) is 11.6 Å². The summed E-state index contributed by atoms with van der Waals surface area (Å²) in [6.45, 7) is 0. The molecule has 0 aliphatic rings. The topological polar surface area (TPSA) is 60.4 Å². The maximum atomic E-state index is 11.1. The van der Waals surface area contributed by atoms with Crippen LogP contribution in [0.2, 0.25) is 5.02 Å². The number of halogens is 1. The molecule has 1 aromatic carbocycles. The Morgan fingerprint density at radius 3 is 2.50 bits per heavy atom. The normalized spacial score (nSPS) is 10.2. The Morgan fingerprint density at radius 2 is 2.07 bits per heavy atom. The molecule has 0 amide bonds. The van der Waals surface area contributed by atoms with Crippen LogP contribution in [0, 0.1) is 0 Å². The van der Waals surface area contributed by atoms with Crippen LogP contribution in [0.5, 0.6) is 0 Å². The highest BCUT2D eigenvalue weighted by Crippen LogP contribution is 2.19. The van der Waals surface area contributed by atoms with Gasteiger partial charge in [0.1, 0.15) is 0 Å². The van der Waals surface area contributed by atoms with E-state index >= 15 is 0 Å². The molecule has 0 aliphatic heterocycles. The van der Waals surface area contributed by atoms with Gasteiger partial charge in [-0.05, 0) is 18.2 Å². The van der Waals surface area contributed by atoms with Crippen LogP contribution in [0.3, 0.4) is 0 Å². The lowest BCUT2D eigenvalue weighted by molar-refractivity contribution is 0.0601. The summed E-state index contributed by atoms with van der Waals surface area (Å²) in [5.74, 6) is -0.595. The molecular weight excluding hydrogens is 228 g/mol. The first-order chi connectivity index (χ1) is 6.56. The number of hydrogen-bond donors (Lipinski definition) is 1. The smallest absolute Gasteiger partial charge is 0.339 e. The minimum Gasteiger partial charge on any atom is -0.465 e. The SMILES string of the molecule is COC(=O)c1ccc([SH](=O)=O)cc1Cl. The first-order valence-electron chi connectivity index (χ1n) is 3.58. The fraction of sp³-hybridized carbons (Fsp3) is 0.125. The lowest BCUT2D eigenvalue weighted by Crippen LogP contribution is -2.02. The second kappa shape index (κ2) is 4.43. The lowest BCUT2D eigenvalue weighted by Gasteiger charge is -2.01. The zero-order valence-electron chi connectivity index (χ0n) is 7.19. The second-order valence-electron chi connectivity index (χ2n) is 2.41. The quantitative estimate of drug-likeness (QED) is 0.615.